The molecule has 1 N–H and O–H groups in total. The fraction of sp³-hybridized carbons (Fsp3) is 0.0800. The average molecular weight is 499 g/mol. The minimum absolute atomic E-state index is 0.0438. The van der Waals surface area contributed by atoms with E-state index in [1.165, 1.54) is 30.3 Å². The van der Waals surface area contributed by atoms with E-state index < -0.39 is 23.7 Å². The van der Waals surface area contributed by atoms with Gasteiger partial charge in [-0.1, -0.05) is 41.4 Å². The van der Waals surface area contributed by atoms with Crippen molar-refractivity contribution in [2.24, 2.45) is 0 Å². The summed E-state index contributed by atoms with van der Waals surface area (Å²) in [6, 6.07) is 14.4. The van der Waals surface area contributed by atoms with Crippen molar-refractivity contribution in [3.05, 3.63) is 98.8 Å². The first-order valence-electron chi connectivity index (χ1n) is 10.1. The second kappa shape index (κ2) is 9.67. The third kappa shape index (κ3) is 4.95. The largest absolute Gasteiger partial charge is 0.488 e. The number of halogens is 3. The number of amides is 4. The van der Waals surface area contributed by atoms with Crippen molar-refractivity contribution in [3.63, 3.8) is 0 Å². The van der Waals surface area contributed by atoms with Crippen LogP contribution in [0.15, 0.2) is 66.2 Å². The Bertz CT molecular complexity index is 1360. The van der Waals surface area contributed by atoms with Crippen molar-refractivity contribution >= 4 is 52.8 Å². The molecule has 1 aliphatic rings. The number of ether oxygens (including phenoxy) is 1. The molecule has 0 spiro atoms. The van der Waals surface area contributed by atoms with Crippen molar-refractivity contribution in [1.82, 2.24) is 5.32 Å². The molecule has 0 radical (unpaired) electrons. The van der Waals surface area contributed by atoms with Gasteiger partial charge in [-0.25, -0.2) is 14.1 Å². The average Bonchev–Trinajstić information content (AvgIpc) is 2.78. The van der Waals surface area contributed by atoms with Gasteiger partial charge in [0.1, 0.15) is 23.7 Å². The van der Waals surface area contributed by atoms with Gasteiger partial charge in [0.05, 0.1) is 5.69 Å². The van der Waals surface area contributed by atoms with Gasteiger partial charge in [0, 0.05) is 15.6 Å². The first-order chi connectivity index (χ1) is 16.2. The van der Waals surface area contributed by atoms with Crippen LogP contribution in [0.25, 0.3) is 6.08 Å². The molecule has 0 aromatic heterocycles. The number of imide groups is 2. The van der Waals surface area contributed by atoms with E-state index in [-0.39, 0.29) is 17.9 Å². The van der Waals surface area contributed by atoms with E-state index in [9.17, 15) is 18.8 Å². The summed E-state index contributed by atoms with van der Waals surface area (Å²) in [6.07, 6.45) is 1.29. The van der Waals surface area contributed by atoms with Crippen LogP contribution in [0.3, 0.4) is 0 Å². The lowest BCUT2D eigenvalue weighted by molar-refractivity contribution is -0.122. The molecule has 172 valence electrons. The zero-order chi connectivity index (χ0) is 24.4. The second-order valence-corrected chi connectivity index (χ2v) is 8.34. The maximum atomic E-state index is 13.5. The SMILES string of the molecule is Cc1ccc(N2C(=O)NC(=O)/C(=C\c3cc(Cl)ccc3OCc3cccc(F)c3)C2=O)cc1Cl. The molecule has 1 aliphatic heterocycles. The number of rotatable bonds is 5. The van der Waals surface area contributed by atoms with E-state index in [1.807, 2.05) is 0 Å². The molecular weight excluding hydrogens is 482 g/mol. The number of barbiturate groups is 1. The Morgan fingerprint density at radius 2 is 1.82 bits per heavy atom. The first kappa shape index (κ1) is 23.5. The highest BCUT2D eigenvalue weighted by molar-refractivity contribution is 6.39. The molecule has 0 atom stereocenters. The highest BCUT2D eigenvalue weighted by Crippen LogP contribution is 2.30. The van der Waals surface area contributed by atoms with Crippen molar-refractivity contribution in [2.45, 2.75) is 13.5 Å². The summed E-state index contributed by atoms with van der Waals surface area (Å²) in [6.45, 7) is 1.83. The Hall–Kier alpha value is -3.68. The molecule has 1 saturated heterocycles. The maximum Gasteiger partial charge on any atom is 0.335 e. The number of anilines is 1. The van der Waals surface area contributed by atoms with E-state index in [1.54, 1.807) is 43.3 Å². The van der Waals surface area contributed by atoms with Gasteiger partial charge in [0.15, 0.2) is 0 Å². The summed E-state index contributed by atoms with van der Waals surface area (Å²) >= 11 is 12.3. The Labute approximate surface area is 204 Å². The van der Waals surface area contributed by atoms with Gasteiger partial charge in [-0.15, -0.1) is 0 Å². The smallest absolute Gasteiger partial charge is 0.335 e. The Balaban J connectivity index is 1.68. The number of aryl methyl sites for hydroxylation is 1. The van der Waals surface area contributed by atoms with E-state index in [0.29, 0.717) is 26.9 Å². The number of nitrogens with zero attached hydrogens (tertiary/aromatic N) is 1. The molecule has 0 aliphatic carbocycles. The van der Waals surface area contributed by atoms with Gasteiger partial charge in [-0.05, 0) is 66.6 Å². The Morgan fingerprint density at radius 3 is 2.56 bits per heavy atom. The molecule has 0 unspecified atom stereocenters. The van der Waals surface area contributed by atoms with Gasteiger partial charge in [0.25, 0.3) is 11.8 Å². The van der Waals surface area contributed by atoms with Gasteiger partial charge < -0.3 is 4.74 Å². The number of nitrogens with one attached hydrogen (secondary N) is 1. The monoisotopic (exact) mass is 498 g/mol. The predicted octanol–water partition coefficient (Wildman–Crippen LogP) is 5.69. The van der Waals surface area contributed by atoms with Crippen molar-refractivity contribution in [1.29, 1.82) is 0 Å². The summed E-state index contributed by atoms with van der Waals surface area (Å²) in [5, 5.41) is 2.87. The molecule has 3 aromatic carbocycles. The normalized spacial score (nSPS) is 15.0. The topological polar surface area (TPSA) is 75.7 Å². The number of hydrogen-bond donors (Lipinski definition) is 1. The van der Waals surface area contributed by atoms with Crippen LogP contribution in [0, 0.1) is 12.7 Å². The zero-order valence-electron chi connectivity index (χ0n) is 17.8. The van der Waals surface area contributed by atoms with Crippen LogP contribution in [0.2, 0.25) is 10.0 Å². The molecule has 1 heterocycles. The van der Waals surface area contributed by atoms with Crippen LogP contribution in [0.4, 0.5) is 14.9 Å². The van der Waals surface area contributed by atoms with Gasteiger partial charge >= 0.3 is 6.03 Å². The number of carbonyl (C=O) groups is 3. The van der Waals surface area contributed by atoms with Crippen molar-refractivity contribution < 1.29 is 23.5 Å². The molecule has 4 rings (SSSR count). The highest BCUT2D eigenvalue weighted by Gasteiger charge is 2.37. The van der Waals surface area contributed by atoms with Crippen LogP contribution >= 0.6 is 23.2 Å². The highest BCUT2D eigenvalue weighted by atomic mass is 35.5. The predicted molar refractivity (Wildman–Crippen MR) is 127 cm³/mol. The quantitative estimate of drug-likeness (QED) is 0.362. The lowest BCUT2D eigenvalue weighted by atomic mass is 10.1. The summed E-state index contributed by atoms with van der Waals surface area (Å²) in [5.74, 6) is -1.78. The summed E-state index contributed by atoms with van der Waals surface area (Å²) in [4.78, 5) is 39.0. The first-order valence-corrected chi connectivity index (χ1v) is 10.8. The standard InChI is InChI=1S/C25H17Cl2FN2O4/c1-14-5-7-19(12-21(14)27)30-24(32)20(23(31)29-25(30)33)11-16-10-17(26)6-8-22(16)34-13-15-3-2-4-18(28)9-15/h2-12H,13H2,1H3,(H,29,31,33)/b20-11+. The van der Waals surface area contributed by atoms with Crippen LogP contribution in [0.5, 0.6) is 5.75 Å². The van der Waals surface area contributed by atoms with Gasteiger partial charge in [0.2, 0.25) is 0 Å². The van der Waals surface area contributed by atoms with Gasteiger partial charge in [-0.3, -0.25) is 14.9 Å². The molecule has 6 nitrogen and oxygen atoms in total. The Morgan fingerprint density at radius 1 is 1.03 bits per heavy atom. The number of urea groups is 1. The molecule has 0 saturated carbocycles. The molecule has 4 amide bonds. The zero-order valence-corrected chi connectivity index (χ0v) is 19.3. The van der Waals surface area contributed by atoms with Gasteiger partial charge in [-0.2, -0.15) is 0 Å². The van der Waals surface area contributed by atoms with Crippen molar-refractivity contribution in [2.75, 3.05) is 4.90 Å². The van der Waals surface area contributed by atoms with E-state index >= 15 is 0 Å². The maximum absolute atomic E-state index is 13.5. The minimum atomic E-state index is -0.888. The summed E-state index contributed by atoms with van der Waals surface area (Å²) in [7, 11) is 0. The summed E-state index contributed by atoms with van der Waals surface area (Å²) < 4.78 is 19.3. The molecule has 0 bridgehead atoms. The minimum Gasteiger partial charge on any atom is -0.488 e. The lowest BCUT2D eigenvalue weighted by Gasteiger charge is -2.26. The molecule has 1 fully saturated rings. The molecule has 9 heteroatoms. The third-order valence-corrected chi connectivity index (χ3v) is 5.71. The van der Waals surface area contributed by atoms with E-state index in [0.717, 1.165) is 10.5 Å². The fourth-order valence-electron chi connectivity index (χ4n) is 3.32. The Kier molecular flexibility index (Phi) is 6.68. The molecule has 34 heavy (non-hydrogen) atoms. The van der Waals surface area contributed by atoms with Crippen LogP contribution in [-0.2, 0) is 16.2 Å². The van der Waals surface area contributed by atoms with E-state index in [2.05, 4.69) is 5.32 Å². The fourth-order valence-corrected chi connectivity index (χ4v) is 3.68. The van der Waals surface area contributed by atoms with Crippen molar-refractivity contribution in [3.8, 4) is 5.75 Å². The van der Waals surface area contributed by atoms with E-state index in [4.69, 9.17) is 27.9 Å². The van der Waals surface area contributed by atoms with Crippen LogP contribution in [0.1, 0.15) is 16.7 Å². The molecular formula is C25H17Cl2FN2O4. The third-order valence-electron chi connectivity index (χ3n) is 5.07. The number of carbonyl (C=O) groups excluding carboxylic acids is 3. The summed E-state index contributed by atoms with van der Waals surface area (Å²) in [5.41, 5.74) is 1.60. The number of hydrogen-bond acceptors (Lipinski definition) is 4. The number of benzene rings is 3. The second-order valence-electron chi connectivity index (χ2n) is 7.49. The lowest BCUT2D eigenvalue weighted by Crippen LogP contribution is -2.54. The van der Waals surface area contributed by atoms with Crippen LogP contribution in [-0.4, -0.2) is 17.8 Å². The molecule has 3 aromatic rings. The van der Waals surface area contributed by atoms with Crippen LogP contribution < -0.4 is 15.0 Å².